The Hall–Kier alpha value is -3.13. The third kappa shape index (κ3) is 3.21. The summed E-state index contributed by atoms with van der Waals surface area (Å²) < 4.78 is 0. The summed E-state index contributed by atoms with van der Waals surface area (Å²) in [6, 6.07) is 12.6. The fraction of sp³-hybridized carbons (Fsp3) is 0. The van der Waals surface area contributed by atoms with E-state index in [9.17, 15) is 14.9 Å². The van der Waals surface area contributed by atoms with Gasteiger partial charge in [-0.2, -0.15) is 0 Å². The molecule has 0 bridgehead atoms. The number of carbonyl (C=O) groups is 1. The Bertz CT molecular complexity index is 694. The molecule has 20 heavy (non-hydrogen) atoms. The molecule has 0 saturated heterocycles. The van der Waals surface area contributed by atoms with Crippen molar-refractivity contribution >= 4 is 11.7 Å². The van der Waals surface area contributed by atoms with Crippen molar-refractivity contribution in [3.63, 3.8) is 0 Å². The average Bonchev–Trinajstić information content (AvgIpc) is 2.45. The molecule has 0 aliphatic carbocycles. The zero-order chi connectivity index (χ0) is 14.5. The second kappa shape index (κ2) is 5.67. The number of benzene rings is 2. The van der Waals surface area contributed by atoms with Crippen LogP contribution in [0.5, 0.6) is 0 Å². The van der Waals surface area contributed by atoms with Crippen LogP contribution in [0.1, 0.15) is 21.5 Å². The zero-order valence-electron chi connectivity index (χ0n) is 10.2. The second-order valence-corrected chi connectivity index (χ2v) is 3.95. The van der Waals surface area contributed by atoms with Gasteiger partial charge in [-0.05, 0) is 18.2 Å². The number of nitro benzene ring substituents is 1. The van der Waals surface area contributed by atoms with Gasteiger partial charge in [0.15, 0.2) is 0 Å². The number of hydrogen-bond acceptors (Lipinski definition) is 3. The van der Waals surface area contributed by atoms with Gasteiger partial charge in [0.05, 0.1) is 10.5 Å². The first-order chi connectivity index (χ1) is 9.56. The van der Waals surface area contributed by atoms with Gasteiger partial charge >= 0.3 is 5.97 Å². The molecule has 98 valence electrons. The lowest BCUT2D eigenvalue weighted by Crippen LogP contribution is -1.99. The number of rotatable bonds is 2. The van der Waals surface area contributed by atoms with Crippen LogP contribution in [0.2, 0.25) is 0 Å². The number of carboxylic acids is 1. The van der Waals surface area contributed by atoms with Gasteiger partial charge in [0, 0.05) is 23.3 Å². The molecule has 0 aromatic heterocycles. The fourth-order valence-corrected chi connectivity index (χ4v) is 1.58. The van der Waals surface area contributed by atoms with Crippen molar-refractivity contribution in [1.82, 2.24) is 0 Å². The van der Waals surface area contributed by atoms with E-state index in [0.29, 0.717) is 5.56 Å². The molecule has 0 saturated carbocycles. The average molecular weight is 267 g/mol. The number of nitrogens with zero attached hydrogens (tertiary/aromatic N) is 1. The summed E-state index contributed by atoms with van der Waals surface area (Å²) in [6.07, 6.45) is 0. The first-order valence-corrected chi connectivity index (χ1v) is 5.66. The Kier molecular flexibility index (Phi) is 3.77. The molecule has 0 heterocycles. The first kappa shape index (κ1) is 13.3. The van der Waals surface area contributed by atoms with E-state index in [1.807, 2.05) is 18.2 Å². The molecule has 0 unspecified atom stereocenters. The fourth-order valence-electron chi connectivity index (χ4n) is 1.58. The number of aromatic carboxylic acids is 1. The van der Waals surface area contributed by atoms with Gasteiger partial charge in [-0.1, -0.05) is 30.0 Å². The number of hydrogen-bond donors (Lipinski definition) is 1. The van der Waals surface area contributed by atoms with E-state index >= 15 is 0 Å². The highest BCUT2D eigenvalue weighted by Gasteiger charge is 2.12. The highest BCUT2D eigenvalue weighted by atomic mass is 16.6. The van der Waals surface area contributed by atoms with Crippen LogP contribution in [0.4, 0.5) is 5.69 Å². The standard InChI is InChI=1S/C15H9NO4/c17-15(18)13-8-12(9-14(10-13)16(19)20)7-6-11-4-2-1-3-5-11/h1-5,8-10H,(H,17,18). The van der Waals surface area contributed by atoms with Crippen LogP contribution in [-0.4, -0.2) is 16.0 Å². The minimum Gasteiger partial charge on any atom is -0.478 e. The Balaban J connectivity index is 2.44. The largest absolute Gasteiger partial charge is 0.478 e. The quantitative estimate of drug-likeness (QED) is 0.515. The molecule has 0 radical (unpaired) electrons. The van der Waals surface area contributed by atoms with Gasteiger partial charge in [-0.25, -0.2) is 4.79 Å². The minimum atomic E-state index is -1.23. The maximum absolute atomic E-state index is 10.9. The zero-order valence-corrected chi connectivity index (χ0v) is 10.2. The van der Waals surface area contributed by atoms with E-state index < -0.39 is 10.9 Å². The summed E-state index contributed by atoms with van der Waals surface area (Å²) in [5, 5.41) is 19.7. The molecule has 2 aromatic rings. The van der Waals surface area contributed by atoms with Gasteiger partial charge < -0.3 is 5.11 Å². The van der Waals surface area contributed by atoms with Crippen LogP contribution in [0, 0.1) is 22.0 Å². The summed E-state index contributed by atoms with van der Waals surface area (Å²) in [5.41, 5.74) is 0.593. The van der Waals surface area contributed by atoms with E-state index in [1.54, 1.807) is 12.1 Å². The molecule has 0 fully saturated rings. The predicted molar refractivity (Wildman–Crippen MR) is 72.5 cm³/mol. The first-order valence-electron chi connectivity index (χ1n) is 5.66. The molecule has 0 spiro atoms. The monoisotopic (exact) mass is 267 g/mol. The summed E-state index contributed by atoms with van der Waals surface area (Å²) >= 11 is 0. The Morgan fingerprint density at radius 2 is 1.70 bits per heavy atom. The lowest BCUT2D eigenvalue weighted by Gasteiger charge is -1.97. The van der Waals surface area contributed by atoms with Crippen LogP contribution in [0.25, 0.3) is 0 Å². The maximum Gasteiger partial charge on any atom is 0.335 e. The van der Waals surface area contributed by atoms with Crippen molar-refractivity contribution in [2.75, 3.05) is 0 Å². The third-order valence-electron chi connectivity index (χ3n) is 2.50. The maximum atomic E-state index is 10.9. The van der Waals surface area contributed by atoms with Gasteiger partial charge in [-0.15, -0.1) is 0 Å². The Morgan fingerprint density at radius 3 is 2.30 bits per heavy atom. The third-order valence-corrected chi connectivity index (χ3v) is 2.50. The van der Waals surface area contributed by atoms with Gasteiger partial charge in [-0.3, -0.25) is 10.1 Å². The summed E-state index contributed by atoms with van der Waals surface area (Å²) in [6.45, 7) is 0. The summed E-state index contributed by atoms with van der Waals surface area (Å²) in [7, 11) is 0. The molecule has 0 aliphatic heterocycles. The topological polar surface area (TPSA) is 80.4 Å². The van der Waals surface area contributed by atoms with E-state index in [4.69, 9.17) is 5.11 Å². The lowest BCUT2D eigenvalue weighted by atomic mass is 10.1. The van der Waals surface area contributed by atoms with Gasteiger partial charge in [0.2, 0.25) is 0 Å². The van der Waals surface area contributed by atoms with Crippen molar-refractivity contribution in [3.05, 3.63) is 75.3 Å². The van der Waals surface area contributed by atoms with Gasteiger partial charge in [0.1, 0.15) is 0 Å². The normalized spacial score (nSPS) is 9.40. The summed E-state index contributed by atoms with van der Waals surface area (Å²) in [5.74, 6) is 4.34. The van der Waals surface area contributed by atoms with Crippen LogP contribution in [-0.2, 0) is 0 Å². The van der Waals surface area contributed by atoms with Crippen molar-refractivity contribution in [2.45, 2.75) is 0 Å². The lowest BCUT2D eigenvalue weighted by molar-refractivity contribution is -0.384. The minimum absolute atomic E-state index is 0.156. The van der Waals surface area contributed by atoms with E-state index in [0.717, 1.165) is 11.6 Å². The molecule has 0 amide bonds. The SMILES string of the molecule is O=C(O)c1cc(C#Cc2ccccc2)cc([N+](=O)[O-])c1. The molecular weight excluding hydrogens is 258 g/mol. The smallest absolute Gasteiger partial charge is 0.335 e. The number of carboxylic acid groups (broad SMARTS) is 1. The van der Waals surface area contributed by atoms with Gasteiger partial charge in [0.25, 0.3) is 5.69 Å². The Morgan fingerprint density at radius 1 is 1.05 bits per heavy atom. The molecule has 0 atom stereocenters. The van der Waals surface area contributed by atoms with E-state index in [2.05, 4.69) is 11.8 Å². The predicted octanol–water partition coefficient (Wildman–Crippen LogP) is 2.69. The van der Waals surface area contributed by atoms with Crippen molar-refractivity contribution in [2.24, 2.45) is 0 Å². The van der Waals surface area contributed by atoms with E-state index in [-0.39, 0.29) is 11.3 Å². The molecule has 2 rings (SSSR count). The highest BCUT2D eigenvalue weighted by molar-refractivity contribution is 5.89. The molecule has 5 heteroatoms. The molecule has 0 aliphatic rings. The molecule has 1 N–H and O–H groups in total. The van der Waals surface area contributed by atoms with Crippen molar-refractivity contribution < 1.29 is 14.8 Å². The second-order valence-electron chi connectivity index (χ2n) is 3.95. The number of nitro groups is 1. The van der Waals surface area contributed by atoms with Crippen LogP contribution >= 0.6 is 0 Å². The van der Waals surface area contributed by atoms with Crippen LogP contribution in [0.3, 0.4) is 0 Å². The molecule has 5 nitrogen and oxygen atoms in total. The van der Waals surface area contributed by atoms with Crippen molar-refractivity contribution in [3.8, 4) is 11.8 Å². The van der Waals surface area contributed by atoms with Crippen LogP contribution in [0.15, 0.2) is 48.5 Å². The highest BCUT2D eigenvalue weighted by Crippen LogP contribution is 2.17. The number of non-ortho nitro benzene ring substituents is 1. The van der Waals surface area contributed by atoms with E-state index in [1.165, 1.54) is 12.1 Å². The molecular formula is C15H9NO4. The van der Waals surface area contributed by atoms with Crippen LogP contribution < -0.4 is 0 Å². The van der Waals surface area contributed by atoms with Crippen molar-refractivity contribution in [1.29, 1.82) is 0 Å². The Labute approximate surface area is 114 Å². The summed E-state index contributed by atoms with van der Waals surface area (Å²) in [4.78, 5) is 21.1. The molecule has 2 aromatic carbocycles.